The van der Waals surface area contributed by atoms with Crippen molar-refractivity contribution in [2.75, 3.05) is 0 Å². The Balaban J connectivity index is 2.30. The average molecular weight is 290 g/mol. The fourth-order valence-corrected chi connectivity index (χ4v) is 5.06. The van der Waals surface area contributed by atoms with Crippen LogP contribution >= 0.6 is 0 Å². The SMILES string of the molecule is C=C1CCC2C(C)(C)C(O)CCC2(C)C1CC=C(C)CC. The van der Waals surface area contributed by atoms with Crippen molar-refractivity contribution in [3.05, 3.63) is 23.8 Å². The van der Waals surface area contributed by atoms with Gasteiger partial charge in [-0.15, -0.1) is 0 Å². The first-order valence-corrected chi connectivity index (χ1v) is 8.74. The average Bonchev–Trinajstić information content (AvgIpc) is 2.42. The summed E-state index contributed by atoms with van der Waals surface area (Å²) in [4.78, 5) is 0. The maximum atomic E-state index is 10.5. The van der Waals surface area contributed by atoms with Gasteiger partial charge in [0.15, 0.2) is 0 Å². The molecule has 2 saturated carbocycles. The van der Waals surface area contributed by atoms with Crippen LogP contribution in [-0.2, 0) is 0 Å². The van der Waals surface area contributed by atoms with Crippen LogP contribution in [0.25, 0.3) is 0 Å². The van der Waals surface area contributed by atoms with E-state index in [1.165, 1.54) is 17.6 Å². The lowest BCUT2D eigenvalue weighted by Crippen LogP contribution is -2.54. The van der Waals surface area contributed by atoms with E-state index in [-0.39, 0.29) is 11.5 Å². The minimum absolute atomic E-state index is 0.0372. The molecular formula is C20H34O. The van der Waals surface area contributed by atoms with E-state index in [2.05, 4.69) is 47.3 Å². The first-order valence-electron chi connectivity index (χ1n) is 8.74. The molecule has 2 aliphatic rings. The molecule has 4 unspecified atom stereocenters. The van der Waals surface area contributed by atoms with Gasteiger partial charge in [0.1, 0.15) is 0 Å². The summed E-state index contributed by atoms with van der Waals surface area (Å²) in [5, 5.41) is 10.5. The van der Waals surface area contributed by atoms with E-state index in [4.69, 9.17) is 0 Å². The van der Waals surface area contributed by atoms with E-state index in [9.17, 15) is 5.11 Å². The van der Waals surface area contributed by atoms with Crippen LogP contribution in [0.4, 0.5) is 0 Å². The van der Waals surface area contributed by atoms with Crippen molar-refractivity contribution >= 4 is 0 Å². The zero-order valence-electron chi connectivity index (χ0n) is 14.7. The lowest BCUT2D eigenvalue weighted by Gasteiger charge is -2.59. The Morgan fingerprint density at radius 3 is 2.62 bits per heavy atom. The molecule has 2 aliphatic carbocycles. The molecule has 0 radical (unpaired) electrons. The predicted molar refractivity (Wildman–Crippen MR) is 91.1 cm³/mol. The minimum Gasteiger partial charge on any atom is -0.393 e. The molecule has 0 aromatic carbocycles. The fraction of sp³-hybridized carbons (Fsp3) is 0.800. The third-order valence-electron chi connectivity index (χ3n) is 6.81. The molecule has 0 spiro atoms. The van der Waals surface area contributed by atoms with Gasteiger partial charge in [0.25, 0.3) is 0 Å². The number of aliphatic hydroxyl groups excluding tert-OH is 1. The molecule has 4 atom stereocenters. The lowest BCUT2D eigenvalue weighted by molar-refractivity contribution is -0.123. The second-order valence-electron chi connectivity index (χ2n) is 8.32. The van der Waals surface area contributed by atoms with Crippen LogP contribution in [0.1, 0.15) is 73.1 Å². The molecule has 0 aromatic rings. The standard InChI is InChI=1S/C20H34O/c1-7-14(2)8-10-16-15(3)9-11-17-19(4,5)18(21)12-13-20(16,17)6/h8,16-18,21H,3,7,9-13H2,1-2,4-6H3. The summed E-state index contributed by atoms with van der Waals surface area (Å²) in [6.07, 6.45) is 9.00. The highest BCUT2D eigenvalue weighted by Crippen LogP contribution is 2.61. The molecule has 0 heterocycles. The van der Waals surface area contributed by atoms with E-state index >= 15 is 0 Å². The number of aliphatic hydroxyl groups is 1. The zero-order chi connectivity index (χ0) is 15.8. The van der Waals surface area contributed by atoms with Crippen LogP contribution in [0.15, 0.2) is 23.8 Å². The van der Waals surface area contributed by atoms with Gasteiger partial charge in [0.2, 0.25) is 0 Å². The number of hydrogen-bond donors (Lipinski definition) is 1. The maximum Gasteiger partial charge on any atom is 0.0594 e. The Labute approximate surface area is 131 Å². The second kappa shape index (κ2) is 5.91. The maximum absolute atomic E-state index is 10.5. The van der Waals surface area contributed by atoms with Crippen LogP contribution in [0, 0.1) is 22.7 Å². The molecule has 0 bridgehead atoms. The van der Waals surface area contributed by atoms with E-state index in [1.807, 2.05) is 0 Å². The molecule has 0 saturated heterocycles. The summed E-state index contributed by atoms with van der Waals surface area (Å²) in [7, 11) is 0. The normalized spacial score (nSPS) is 40.0. The third kappa shape index (κ3) is 2.86. The van der Waals surface area contributed by atoms with Gasteiger partial charge in [0.05, 0.1) is 6.10 Å². The molecule has 1 nitrogen and oxygen atoms in total. The summed E-state index contributed by atoms with van der Waals surface area (Å²) < 4.78 is 0. The molecule has 1 N–H and O–H groups in total. The van der Waals surface area contributed by atoms with Crippen molar-refractivity contribution in [3.63, 3.8) is 0 Å². The van der Waals surface area contributed by atoms with Crippen molar-refractivity contribution in [2.45, 2.75) is 79.2 Å². The first kappa shape index (κ1) is 16.8. The predicted octanol–water partition coefficient (Wildman–Crippen LogP) is 5.50. The summed E-state index contributed by atoms with van der Waals surface area (Å²) in [5.74, 6) is 1.20. The van der Waals surface area contributed by atoms with E-state index < -0.39 is 0 Å². The van der Waals surface area contributed by atoms with Gasteiger partial charge in [-0.3, -0.25) is 0 Å². The zero-order valence-corrected chi connectivity index (χ0v) is 14.7. The number of fused-ring (bicyclic) bond motifs is 1. The van der Waals surface area contributed by atoms with Gasteiger partial charge >= 0.3 is 0 Å². The Bertz CT molecular complexity index is 431. The largest absolute Gasteiger partial charge is 0.393 e. The van der Waals surface area contributed by atoms with Gasteiger partial charge in [-0.25, -0.2) is 0 Å². The number of allylic oxidation sites excluding steroid dienone is 3. The minimum atomic E-state index is -0.143. The Kier molecular flexibility index (Phi) is 4.73. The van der Waals surface area contributed by atoms with Crippen molar-refractivity contribution in [3.8, 4) is 0 Å². The summed E-state index contributed by atoms with van der Waals surface area (Å²) in [6.45, 7) is 15.9. The summed E-state index contributed by atoms with van der Waals surface area (Å²) in [5.41, 5.74) is 3.28. The van der Waals surface area contributed by atoms with Crippen LogP contribution in [0.3, 0.4) is 0 Å². The molecule has 0 amide bonds. The highest BCUT2D eigenvalue weighted by Gasteiger charge is 2.55. The smallest absolute Gasteiger partial charge is 0.0594 e. The molecular weight excluding hydrogens is 256 g/mol. The summed E-state index contributed by atoms with van der Waals surface area (Å²) in [6, 6.07) is 0. The van der Waals surface area contributed by atoms with E-state index in [1.54, 1.807) is 0 Å². The highest BCUT2D eigenvalue weighted by molar-refractivity contribution is 5.18. The molecule has 1 heteroatoms. The summed E-state index contributed by atoms with van der Waals surface area (Å²) >= 11 is 0. The van der Waals surface area contributed by atoms with Crippen molar-refractivity contribution in [1.29, 1.82) is 0 Å². The molecule has 21 heavy (non-hydrogen) atoms. The molecule has 120 valence electrons. The van der Waals surface area contributed by atoms with E-state index in [0.29, 0.717) is 17.3 Å². The van der Waals surface area contributed by atoms with Gasteiger partial charge in [-0.2, -0.15) is 0 Å². The topological polar surface area (TPSA) is 20.2 Å². The van der Waals surface area contributed by atoms with Gasteiger partial charge in [-0.05, 0) is 68.1 Å². The van der Waals surface area contributed by atoms with Crippen LogP contribution in [0.5, 0.6) is 0 Å². The Morgan fingerprint density at radius 2 is 2.00 bits per heavy atom. The lowest BCUT2D eigenvalue weighted by atomic mass is 9.46. The molecule has 2 fully saturated rings. The van der Waals surface area contributed by atoms with Crippen molar-refractivity contribution < 1.29 is 5.11 Å². The van der Waals surface area contributed by atoms with Crippen molar-refractivity contribution in [1.82, 2.24) is 0 Å². The van der Waals surface area contributed by atoms with E-state index in [0.717, 1.165) is 32.1 Å². The Morgan fingerprint density at radius 1 is 1.33 bits per heavy atom. The molecule has 2 rings (SSSR count). The van der Waals surface area contributed by atoms with Crippen molar-refractivity contribution in [2.24, 2.45) is 22.7 Å². The van der Waals surface area contributed by atoms with Crippen LogP contribution in [0.2, 0.25) is 0 Å². The Hall–Kier alpha value is -0.560. The molecule has 0 aliphatic heterocycles. The van der Waals surface area contributed by atoms with Gasteiger partial charge in [0, 0.05) is 0 Å². The highest BCUT2D eigenvalue weighted by atomic mass is 16.3. The monoisotopic (exact) mass is 290 g/mol. The third-order valence-corrected chi connectivity index (χ3v) is 6.81. The number of rotatable bonds is 3. The molecule has 0 aromatic heterocycles. The van der Waals surface area contributed by atoms with Crippen LogP contribution < -0.4 is 0 Å². The van der Waals surface area contributed by atoms with Crippen LogP contribution in [-0.4, -0.2) is 11.2 Å². The fourth-order valence-electron chi connectivity index (χ4n) is 5.06. The first-order chi connectivity index (χ1) is 9.73. The number of hydrogen-bond acceptors (Lipinski definition) is 1. The quantitative estimate of drug-likeness (QED) is 0.680. The van der Waals surface area contributed by atoms with Gasteiger partial charge < -0.3 is 5.11 Å². The van der Waals surface area contributed by atoms with Gasteiger partial charge in [-0.1, -0.05) is 51.5 Å². The second-order valence-corrected chi connectivity index (χ2v) is 8.32.